The van der Waals surface area contributed by atoms with Gasteiger partial charge in [-0.05, 0) is 67.6 Å². The minimum atomic E-state index is 0.827. The summed E-state index contributed by atoms with van der Waals surface area (Å²) in [4.78, 5) is 0. The zero-order valence-electron chi connectivity index (χ0n) is 26.0. The molecular weight excluding hydrogens is 585 g/mol. The topological polar surface area (TPSA) is 26.3 Å². The first-order valence-electron chi connectivity index (χ1n) is 16.3. The van der Waals surface area contributed by atoms with Crippen LogP contribution < -0.4 is 0 Å². The molecule has 2 heterocycles. The van der Waals surface area contributed by atoms with Crippen LogP contribution in [0.15, 0.2) is 179 Å². The molecule has 2 nitrogen and oxygen atoms in total. The molecule has 0 amide bonds. The van der Waals surface area contributed by atoms with E-state index in [0.29, 0.717) is 0 Å². The highest BCUT2D eigenvalue weighted by atomic mass is 16.3. The molecule has 0 saturated heterocycles. The Hall–Kier alpha value is -6.38. The van der Waals surface area contributed by atoms with Crippen LogP contribution in [0.3, 0.4) is 0 Å². The number of furan rings is 2. The SMILES string of the molecule is c1ccc(-c2cc3c(o2)c(-c2ccc(-c4c5ccccc5c(-c5ccccc5)c5ccccc45)cc2)cc2c4ccccc4oc32)cc1. The van der Waals surface area contributed by atoms with Crippen molar-refractivity contribution in [1.82, 2.24) is 0 Å². The van der Waals surface area contributed by atoms with Crippen LogP contribution in [0.4, 0.5) is 0 Å². The minimum absolute atomic E-state index is 0.827. The summed E-state index contributed by atoms with van der Waals surface area (Å²) < 4.78 is 13.1. The molecule has 0 aliphatic rings. The number of hydrogen-bond acceptors (Lipinski definition) is 2. The summed E-state index contributed by atoms with van der Waals surface area (Å²) in [6.07, 6.45) is 0. The standard InChI is InChI=1S/C46H28O2/c1-3-13-30(14-4-1)42-28-40-45(48-42)38(27-39-33-17-11-12-22-41(33)47-46(39)40)29-23-25-32(26-24-29)44-36-20-9-7-18-34(36)43(31-15-5-2-6-16-31)35-19-8-10-21-37(35)44/h1-28H. The Labute approximate surface area is 277 Å². The molecule has 0 aliphatic carbocycles. The Morgan fingerprint density at radius 1 is 0.292 bits per heavy atom. The first-order chi connectivity index (χ1) is 23.8. The third-order valence-corrected chi connectivity index (χ3v) is 9.68. The average molecular weight is 613 g/mol. The molecule has 2 heteroatoms. The van der Waals surface area contributed by atoms with Gasteiger partial charge < -0.3 is 8.83 Å². The van der Waals surface area contributed by atoms with E-state index < -0.39 is 0 Å². The van der Waals surface area contributed by atoms with Gasteiger partial charge in [0, 0.05) is 21.9 Å². The molecule has 10 rings (SSSR count). The first-order valence-corrected chi connectivity index (χ1v) is 16.3. The predicted molar refractivity (Wildman–Crippen MR) is 200 cm³/mol. The summed E-state index contributed by atoms with van der Waals surface area (Å²) in [5.74, 6) is 0.827. The quantitative estimate of drug-likeness (QED) is 0.185. The highest BCUT2D eigenvalue weighted by Gasteiger charge is 2.21. The second kappa shape index (κ2) is 10.6. The molecule has 2 aromatic heterocycles. The Kier molecular flexibility index (Phi) is 5.91. The van der Waals surface area contributed by atoms with Crippen LogP contribution in [0.2, 0.25) is 0 Å². The van der Waals surface area contributed by atoms with Gasteiger partial charge in [0.25, 0.3) is 0 Å². The van der Waals surface area contributed by atoms with Crippen molar-refractivity contribution < 1.29 is 8.83 Å². The zero-order chi connectivity index (χ0) is 31.6. The number of fused-ring (bicyclic) bond motifs is 7. The first kappa shape index (κ1) is 26.8. The fourth-order valence-electron chi connectivity index (χ4n) is 7.51. The smallest absolute Gasteiger partial charge is 0.146 e. The van der Waals surface area contributed by atoms with E-state index >= 15 is 0 Å². The van der Waals surface area contributed by atoms with E-state index in [9.17, 15) is 0 Å². The van der Waals surface area contributed by atoms with E-state index in [1.165, 1.54) is 43.8 Å². The van der Waals surface area contributed by atoms with E-state index in [1.807, 2.05) is 30.3 Å². The highest BCUT2D eigenvalue weighted by Crippen LogP contribution is 2.46. The Morgan fingerprint density at radius 2 is 0.771 bits per heavy atom. The van der Waals surface area contributed by atoms with Crippen molar-refractivity contribution in [2.24, 2.45) is 0 Å². The lowest BCUT2D eigenvalue weighted by atomic mass is 9.85. The minimum Gasteiger partial charge on any atom is -0.455 e. The molecule has 0 N–H and O–H groups in total. The summed E-state index contributed by atoms with van der Waals surface area (Å²) in [6, 6.07) is 60.2. The number of para-hydroxylation sites is 1. The second-order valence-corrected chi connectivity index (χ2v) is 12.4. The van der Waals surface area contributed by atoms with E-state index in [2.05, 4.69) is 140 Å². The Morgan fingerprint density at radius 3 is 1.38 bits per heavy atom. The van der Waals surface area contributed by atoms with Crippen molar-refractivity contribution in [2.45, 2.75) is 0 Å². The van der Waals surface area contributed by atoms with Crippen molar-refractivity contribution in [2.75, 3.05) is 0 Å². The fraction of sp³-hybridized carbons (Fsp3) is 0. The molecule has 0 radical (unpaired) electrons. The molecule has 0 atom stereocenters. The van der Waals surface area contributed by atoms with Gasteiger partial charge in [0.1, 0.15) is 22.5 Å². The highest BCUT2D eigenvalue weighted by molar-refractivity contribution is 6.22. The van der Waals surface area contributed by atoms with Crippen molar-refractivity contribution in [3.8, 4) is 44.7 Å². The summed E-state index contributed by atoms with van der Waals surface area (Å²) in [6.45, 7) is 0. The van der Waals surface area contributed by atoms with Gasteiger partial charge in [-0.25, -0.2) is 0 Å². The third-order valence-electron chi connectivity index (χ3n) is 9.68. The van der Waals surface area contributed by atoms with Gasteiger partial charge in [0.05, 0.1) is 5.39 Å². The van der Waals surface area contributed by atoms with E-state index in [1.54, 1.807) is 0 Å². The maximum absolute atomic E-state index is 6.67. The Bertz CT molecular complexity index is 2750. The molecule has 0 spiro atoms. The van der Waals surface area contributed by atoms with Gasteiger partial charge in [-0.15, -0.1) is 0 Å². The van der Waals surface area contributed by atoms with Crippen LogP contribution in [0, 0.1) is 0 Å². The van der Waals surface area contributed by atoms with E-state index in [-0.39, 0.29) is 0 Å². The summed E-state index contributed by atoms with van der Waals surface area (Å²) >= 11 is 0. The molecule has 0 unspecified atom stereocenters. The van der Waals surface area contributed by atoms with E-state index in [0.717, 1.165) is 55.4 Å². The van der Waals surface area contributed by atoms with Gasteiger partial charge in [0.15, 0.2) is 0 Å². The van der Waals surface area contributed by atoms with Crippen LogP contribution in [-0.2, 0) is 0 Å². The molecule has 10 aromatic rings. The summed E-state index contributed by atoms with van der Waals surface area (Å²) in [5, 5.41) is 8.17. The second-order valence-electron chi connectivity index (χ2n) is 12.4. The maximum Gasteiger partial charge on any atom is 0.146 e. The third kappa shape index (κ3) is 4.06. The van der Waals surface area contributed by atoms with Gasteiger partial charge in [-0.3, -0.25) is 0 Å². The average Bonchev–Trinajstić information content (AvgIpc) is 3.77. The molecular formula is C46H28O2. The largest absolute Gasteiger partial charge is 0.455 e. The maximum atomic E-state index is 6.67. The lowest BCUT2D eigenvalue weighted by molar-refractivity contribution is 0.632. The van der Waals surface area contributed by atoms with Crippen molar-refractivity contribution in [3.63, 3.8) is 0 Å². The fourth-order valence-corrected chi connectivity index (χ4v) is 7.51. The van der Waals surface area contributed by atoms with Crippen molar-refractivity contribution >= 4 is 54.5 Å². The molecule has 0 aliphatic heterocycles. The monoisotopic (exact) mass is 612 g/mol. The van der Waals surface area contributed by atoms with Gasteiger partial charge in [-0.2, -0.15) is 0 Å². The van der Waals surface area contributed by atoms with Crippen LogP contribution in [0.5, 0.6) is 0 Å². The molecule has 48 heavy (non-hydrogen) atoms. The molecule has 8 aromatic carbocycles. The molecule has 0 saturated carbocycles. The molecule has 0 fully saturated rings. The number of benzene rings is 8. The lowest BCUT2D eigenvalue weighted by Crippen LogP contribution is -1.90. The molecule has 224 valence electrons. The van der Waals surface area contributed by atoms with Gasteiger partial charge in [0.2, 0.25) is 0 Å². The van der Waals surface area contributed by atoms with Crippen LogP contribution in [-0.4, -0.2) is 0 Å². The van der Waals surface area contributed by atoms with Crippen LogP contribution in [0.25, 0.3) is 99.2 Å². The predicted octanol–water partition coefficient (Wildman–Crippen LogP) is 13.3. The normalized spacial score (nSPS) is 11.8. The van der Waals surface area contributed by atoms with Crippen LogP contribution in [0.1, 0.15) is 0 Å². The Balaban J connectivity index is 1.20. The lowest BCUT2D eigenvalue weighted by Gasteiger charge is -2.18. The zero-order valence-corrected chi connectivity index (χ0v) is 26.0. The summed E-state index contributed by atoms with van der Waals surface area (Å²) in [5.41, 5.74) is 10.7. The number of hydrogen-bond donors (Lipinski definition) is 0. The molecule has 0 bridgehead atoms. The van der Waals surface area contributed by atoms with Crippen molar-refractivity contribution in [3.05, 3.63) is 170 Å². The van der Waals surface area contributed by atoms with Gasteiger partial charge >= 0.3 is 0 Å². The van der Waals surface area contributed by atoms with E-state index in [4.69, 9.17) is 8.83 Å². The van der Waals surface area contributed by atoms with Crippen LogP contribution >= 0.6 is 0 Å². The van der Waals surface area contributed by atoms with Gasteiger partial charge in [-0.1, -0.05) is 152 Å². The number of rotatable bonds is 4. The summed E-state index contributed by atoms with van der Waals surface area (Å²) in [7, 11) is 0. The van der Waals surface area contributed by atoms with Crippen molar-refractivity contribution in [1.29, 1.82) is 0 Å².